The third kappa shape index (κ3) is 10.0. The predicted octanol–water partition coefficient (Wildman–Crippen LogP) is 1.65. The Morgan fingerprint density at radius 1 is 1.12 bits per heavy atom. The van der Waals surface area contributed by atoms with Crippen molar-refractivity contribution in [2.45, 2.75) is 77.3 Å². The average Bonchev–Trinajstić information content (AvgIpc) is 2.52. The molecule has 0 rings (SSSR count). The van der Waals surface area contributed by atoms with Crippen molar-refractivity contribution < 1.29 is 14.4 Å². The standard InChI is InChI=1S/C18H36N4O3S/c1-11(2)14(22-18(4,5)6)16(24)21-13(15(23)12(3)26-7)9-8-10-20-17(19)25/h11-14,22H,8-10H2,1-7H3,(H,21,24)(H3,19,20,25). The molecule has 0 aliphatic rings. The lowest BCUT2D eigenvalue weighted by Gasteiger charge is -2.31. The van der Waals surface area contributed by atoms with Gasteiger partial charge >= 0.3 is 6.03 Å². The van der Waals surface area contributed by atoms with Crippen molar-refractivity contribution in [3.05, 3.63) is 0 Å². The molecule has 3 unspecified atom stereocenters. The highest BCUT2D eigenvalue weighted by atomic mass is 32.2. The van der Waals surface area contributed by atoms with Crippen LogP contribution >= 0.6 is 11.8 Å². The van der Waals surface area contributed by atoms with Gasteiger partial charge in [-0.05, 0) is 52.7 Å². The van der Waals surface area contributed by atoms with Gasteiger partial charge < -0.3 is 21.7 Å². The van der Waals surface area contributed by atoms with Crippen molar-refractivity contribution in [2.75, 3.05) is 12.8 Å². The second kappa shape index (κ2) is 11.4. The average molecular weight is 389 g/mol. The van der Waals surface area contributed by atoms with Gasteiger partial charge in [0.1, 0.15) is 0 Å². The number of thioether (sulfide) groups is 1. The number of amides is 3. The van der Waals surface area contributed by atoms with E-state index in [1.54, 1.807) is 0 Å². The summed E-state index contributed by atoms with van der Waals surface area (Å²) in [5.41, 5.74) is 4.83. The maximum absolute atomic E-state index is 12.8. The number of ketones is 1. The largest absolute Gasteiger partial charge is 0.352 e. The number of hydrogen-bond donors (Lipinski definition) is 4. The SMILES string of the molecule is CSC(C)C(=O)C(CCCNC(N)=O)NC(=O)C(NC(C)(C)C)C(C)C. The van der Waals surface area contributed by atoms with E-state index in [4.69, 9.17) is 5.73 Å². The molecule has 3 amide bonds. The van der Waals surface area contributed by atoms with Crippen LogP contribution in [0.15, 0.2) is 0 Å². The maximum Gasteiger partial charge on any atom is 0.312 e. The van der Waals surface area contributed by atoms with Crippen molar-refractivity contribution in [1.82, 2.24) is 16.0 Å². The molecule has 0 aromatic carbocycles. The summed E-state index contributed by atoms with van der Waals surface area (Å²) in [4.78, 5) is 36.2. The highest BCUT2D eigenvalue weighted by Crippen LogP contribution is 2.14. The number of nitrogens with one attached hydrogen (secondary N) is 3. The van der Waals surface area contributed by atoms with E-state index < -0.39 is 18.1 Å². The van der Waals surface area contributed by atoms with E-state index in [0.29, 0.717) is 19.4 Å². The van der Waals surface area contributed by atoms with E-state index in [2.05, 4.69) is 16.0 Å². The van der Waals surface area contributed by atoms with Crippen LogP contribution in [0.25, 0.3) is 0 Å². The number of Topliss-reactive ketones (excluding diaryl/α,β-unsaturated/α-hetero) is 1. The number of primary amides is 1. The minimum Gasteiger partial charge on any atom is -0.352 e. The summed E-state index contributed by atoms with van der Waals surface area (Å²) >= 11 is 1.45. The minimum atomic E-state index is -0.594. The first-order chi connectivity index (χ1) is 11.9. The van der Waals surface area contributed by atoms with Gasteiger partial charge in [-0.15, -0.1) is 0 Å². The van der Waals surface area contributed by atoms with Crippen molar-refractivity contribution in [1.29, 1.82) is 0 Å². The highest BCUT2D eigenvalue weighted by Gasteiger charge is 2.31. The zero-order valence-corrected chi connectivity index (χ0v) is 18.0. The molecule has 0 aliphatic carbocycles. The summed E-state index contributed by atoms with van der Waals surface area (Å²) in [5.74, 6) is -0.105. The molecule has 0 aliphatic heterocycles. The molecule has 0 radical (unpaired) electrons. The van der Waals surface area contributed by atoms with Gasteiger partial charge in [-0.25, -0.2) is 4.79 Å². The fourth-order valence-electron chi connectivity index (χ4n) is 2.47. The van der Waals surface area contributed by atoms with Crippen molar-refractivity contribution in [3.8, 4) is 0 Å². The van der Waals surface area contributed by atoms with Crippen molar-refractivity contribution in [2.24, 2.45) is 11.7 Å². The van der Waals surface area contributed by atoms with E-state index in [0.717, 1.165) is 0 Å². The number of carbonyl (C=O) groups excluding carboxylic acids is 3. The molecule has 5 N–H and O–H groups in total. The molecule has 0 aromatic heterocycles. The molecule has 26 heavy (non-hydrogen) atoms. The smallest absolute Gasteiger partial charge is 0.312 e. The molecule has 0 saturated heterocycles. The Morgan fingerprint density at radius 2 is 1.69 bits per heavy atom. The molecular weight excluding hydrogens is 352 g/mol. The number of urea groups is 1. The van der Waals surface area contributed by atoms with Crippen LogP contribution in [0.4, 0.5) is 4.79 Å². The van der Waals surface area contributed by atoms with E-state index in [-0.39, 0.29) is 28.4 Å². The van der Waals surface area contributed by atoms with Crippen LogP contribution in [-0.2, 0) is 9.59 Å². The fourth-order valence-corrected chi connectivity index (χ4v) is 2.86. The van der Waals surface area contributed by atoms with Crippen molar-refractivity contribution >= 4 is 29.5 Å². The van der Waals surface area contributed by atoms with Gasteiger partial charge in [0.05, 0.1) is 17.3 Å². The second-order valence-corrected chi connectivity index (χ2v) is 9.07. The van der Waals surface area contributed by atoms with Gasteiger partial charge in [0.25, 0.3) is 0 Å². The molecule has 3 atom stereocenters. The summed E-state index contributed by atoms with van der Waals surface area (Å²) in [5, 5.41) is 8.53. The molecule has 0 heterocycles. The van der Waals surface area contributed by atoms with Crippen LogP contribution in [-0.4, -0.2) is 53.4 Å². The lowest BCUT2D eigenvalue weighted by atomic mass is 9.97. The molecule has 0 fully saturated rings. The Hall–Kier alpha value is -1.28. The summed E-state index contributed by atoms with van der Waals surface area (Å²) in [7, 11) is 0. The Bertz CT molecular complexity index is 478. The topological polar surface area (TPSA) is 113 Å². The number of carbonyl (C=O) groups is 3. The summed E-state index contributed by atoms with van der Waals surface area (Å²) in [6.45, 7) is 12.2. The first-order valence-electron chi connectivity index (χ1n) is 9.07. The fraction of sp³-hybridized carbons (Fsp3) is 0.833. The van der Waals surface area contributed by atoms with E-state index in [1.165, 1.54) is 11.8 Å². The van der Waals surface area contributed by atoms with Crippen LogP contribution in [0.3, 0.4) is 0 Å². The van der Waals surface area contributed by atoms with Gasteiger partial charge in [0.2, 0.25) is 5.91 Å². The second-order valence-electron chi connectivity index (χ2n) is 7.89. The number of nitrogens with two attached hydrogens (primary N) is 1. The van der Waals surface area contributed by atoms with E-state index >= 15 is 0 Å². The lowest BCUT2D eigenvalue weighted by molar-refractivity contribution is -0.129. The van der Waals surface area contributed by atoms with Crippen LogP contribution in [0.5, 0.6) is 0 Å². The lowest BCUT2D eigenvalue weighted by Crippen LogP contribution is -2.57. The Labute approximate surface area is 162 Å². The molecule has 152 valence electrons. The van der Waals surface area contributed by atoms with Gasteiger partial charge in [0, 0.05) is 12.1 Å². The van der Waals surface area contributed by atoms with E-state index in [1.807, 2.05) is 47.8 Å². The van der Waals surface area contributed by atoms with Gasteiger partial charge in [-0.3, -0.25) is 9.59 Å². The normalized spacial score (nSPS) is 15.2. The zero-order chi connectivity index (χ0) is 20.5. The molecule has 7 nitrogen and oxygen atoms in total. The molecule has 0 saturated carbocycles. The number of hydrogen-bond acceptors (Lipinski definition) is 5. The van der Waals surface area contributed by atoms with Crippen LogP contribution in [0, 0.1) is 5.92 Å². The van der Waals surface area contributed by atoms with Crippen LogP contribution in [0.1, 0.15) is 54.4 Å². The van der Waals surface area contributed by atoms with E-state index in [9.17, 15) is 14.4 Å². The monoisotopic (exact) mass is 388 g/mol. The summed E-state index contributed by atoms with van der Waals surface area (Å²) in [6.07, 6.45) is 2.88. The minimum absolute atomic E-state index is 0.0109. The van der Waals surface area contributed by atoms with Gasteiger partial charge in [0.15, 0.2) is 5.78 Å². The van der Waals surface area contributed by atoms with Crippen molar-refractivity contribution in [3.63, 3.8) is 0 Å². The first kappa shape index (κ1) is 24.7. The third-order valence-corrected chi connectivity index (χ3v) is 4.86. The quantitative estimate of drug-likeness (QED) is 0.402. The highest BCUT2D eigenvalue weighted by molar-refractivity contribution is 7.99. The third-order valence-electron chi connectivity index (χ3n) is 3.92. The first-order valence-corrected chi connectivity index (χ1v) is 10.4. The molecule has 0 spiro atoms. The van der Waals surface area contributed by atoms with Crippen LogP contribution in [0.2, 0.25) is 0 Å². The zero-order valence-electron chi connectivity index (χ0n) is 17.1. The molecule has 0 bridgehead atoms. The molecular formula is C18H36N4O3S. The maximum atomic E-state index is 12.8. The Balaban J connectivity index is 5.08. The van der Waals surface area contributed by atoms with Gasteiger partial charge in [-0.2, -0.15) is 11.8 Å². The predicted molar refractivity (Wildman–Crippen MR) is 108 cm³/mol. The number of rotatable bonds is 11. The molecule has 0 aromatic rings. The summed E-state index contributed by atoms with van der Waals surface area (Å²) < 4.78 is 0. The van der Waals surface area contributed by atoms with Crippen LogP contribution < -0.4 is 21.7 Å². The Kier molecular flexibility index (Phi) is 10.9. The summed E-state index contributed by atoms with van der Waals surface area (Å²) in [6, 6.07) is -1.56. The molecule has 8 heteroatoms. The Morgan fingerprint density at radius 3 is 2.12 bits per heavy atom. The van der Waals surface area contributed by atoms with Gasteiger partial charge in [-0.1, -0.05) is 13.8 Å².